The number of nitrogens with zero attached hydrogens (tertiary/aromatic N) is 4. The number of rotatable bonds is 6. The number of aromatic hydroxyl groups is 1. The van der Waals surface area contributed by atoms with Crippen LogP contribution in [-0.4, -0.2) is 29.2 Å². The monoisotopic (exact) mass is 541 g/mol. The van der Waals surface area contributed by atoms with Crippen LogP contribution < -0.4 is 5.73 Å². The Balaban J connectivity index is 1.57. The van der Waals surface area contributed by atoms with E-state index in [1.54, 1.807) is 36.4 Å². The van der Waals surface area contributed by atoms with Gasteiger partial charge in [0.15, 0.2) is 5.75 Å². The van der Waals surface area contributed by atoms with E-state index in [0.717, 1.165) is 0 Å². The van der Waals surface area contributed by atoms with Crippen molar-refractivity contribution in [2.75, 3.05) is 5.73 Å². The lowest BCUT2D eigenvalue weighted by atomic mass is 10.1. The minimum Gasteiger partial charge on any atom is -0.505 e. The van der Waals surface area contributed by atoms with Crippen LogP contribution in [0.15, 0.2) is 110 Å². The lowest BCUT2D eigenvalue weighted by molar-refractivity contribution is 0.0697. The van der Waals surface area contributed by atoms with Gasteiger partial charge in [0.2, 0.25) is 0 Å². The summed E-state index contributed by atoms with van der Waals surface area (Å²) in [5.41, 5.74) is 7.14. The Morgan fingerprint density at radius 2 is 1.36 bits per heavy atom. The van der Waals surface area contributed by atoms with E-state index in [9.17, 15) is 22.9 Å². The third kappa shape index (κ3) is 5.14. The molecular weight excluding hydrogens is 522 g/mol. The van der Waals surface area contributed by atoms with Gasteiger partial charge in [0.1, 0.15) is 10.6 Å². The molecule has 0 unspecified atom stereocenters. The van der Waals surface area contributed by atoms with Crippen LogP contribution in [0.3, 0.4) is 0 Å². The molecule has 0 spiro atoms. The highest BCUT2D eigenvalue weighted by molar-refractivity contribution is 7.86. The zero-order valence-corrected chi connectivity index (χ0v) is 20.7. The number of phenols is 1. The predicted octanol–water partition coefficient (Wildman–Crippen LogP) is 7.06. The summed E-state index contributed by atoms with van der Waals surface area (Å²) < 4.78 is 34.0. The molecule has 12 heteroatoms. The average Bonchev–Trinajstić information content (AvgIpc) is 2.91. The Morgan fingerprint density at radius 1 is 0.744 bits per heavy atom. The summed E-state index contributed by atoms with van der Waals surface area (Å²) in [5, 5.41) is 38.4. The lowest BCUT2D eigenvalue weighted by Gasteiger charge is -2.09. The Labute approximate surface area is 221 Å². The van der Waals surface area contributed by atoms with Crippen molar-refractivity contribution in [3.05, 3.63) is 90.5 Å². The minimum atomic E-state index is -4.76. The SMILES string of the molecule is Nc1ccc2cc(S(=O)(=O)O)c(/N=N/c3ccc(/N=N/c4ccc(C(=O)O)cc4)c4ccccc34)c(O)c2c1. The zero-order valence-electron chi connectivity index (χ0n) is 19.9. The zero-order chi connectivity index (χ0) is 27.7. The van der Waals surface area contributed by atoms with Crippen LogP contribution in [0.25, 0.3) is 21.5 Å². The maximum absolute atomic E-state index is 12.1. The molecule has 0 saturated carbocycles. The molecule has 0 aliphatic rings. The number of carboxylic acids is 1. The summed E-state index contributed by atoms with van der Waals surface area (Å²) in [5.74, 6) is -1.54. The van der Waals surface area contributed by atoms with Crippen molar-refractivity contribution >= 4 is 66.1 Å². The molecule has 0 fully saturated rings. The van der Waals surface area contributed by atoms with Gasteiger partial charge in [-0.3, -0.25) is 4.55 Å². The molecule has 0 radical (unpaired) electrons. The largest absolute Gasteiger partial charge is 0.505 e. The molecule has 11 nitrogen and oxygen atoms in total. The van der Waals surface area contributed by atoms with Crippen LogP contribution in [-0.2, 0) is 10.1 Å². The van der Waals surface area contributed by atoms with Crippen molar-refractivity contribution in [1.82, 2.24) is 0 Å². The predicted molar refractivity (Wildman–Crippen MR) is 146 cm³/mol. The Hall–Kier alpha value is -5.20. The second-order valence-corrected chi connectivity index (χ2v) is 9.82. The van der Waals surface area contributed by atoms with Crippen LogP contribution in [0, 0.1) is 0 Å². The quantitative estimate of drug-likeness (QED) is 0.101. The maximum Gasteiger partial charge on any atom is 0.335 e. The number of carbonyl (C=O) groups is 1. The number of anilines is 1. The topological polar surface area (TPSA) is 187 Å². The number of hydrogen-bond donors (Lipinski definition) is 4. The van der Waals surface area contributed by atoms with Gasteiger partial charge in [0.05, 0.1) is 22.6 Å². The molecule has 0 heterocycles. The Morgan fingerprint density at radius 3 is 1.95 bits per heavy atom. The van der Waals surface area contributed by atoms with Gasteiger partial charge in [0.25, 0.3) is 10.1 Å². The fourth-order valence-corrected chi connectivity index (χ4v) is 4.64. The van der Waals surface area contributed by atoms with E-state index in [-0.39, 0.29) is 10.9 Å². The van der Waals surface area contributed by atoms with E-state index in [0.29, 0.717) is 38.9 Å². The van der Waals surface area contributed by atoms with E-state index in [4.69, 9.17) is 10.8 Å². The molecular formula is C27H19N5O6S. The molecule has 5 rings (SSSR count). The number of nitrogen functional groups attached to an aromatic ring is 1. The second-order valence-electron chi connectivity index (χ2n) is 8.43. The average molecular weight is 542 g/mol. The Bertz CT molecular complexity index is 1940. The molecule has 0 aliphatic carbocycles. The van der Waals surface area contributed by atoms with Gasteiger partial charge in [-0.1, -0.05) is 30.3 Å². The van der Waals surface area contributed by atoms with Crippen molar-refractivity contribution in [3.63, 3.8) is 0 Å². The fraction of sp³-hybridized carbons (Fsp3) is 0. The van der Waals surface area contributed by atoms with Gasteiger partial charge in [-0.05, 0) is 60.0 Å². The number of phenolic OH excluding ortho intramolecular Hbond substituents is 1. The highest BCUT2D eigenvalue weighted by Crippen LogP contribution is 2.43. The van der Waals surface area contributed by atoms with Gasteiger partial charge < -0.3 is 15.9 Å². The number of carboxylic acid groups (broad SMARTS) is 1. The number of benzene rings is 5. The van der Waals surface area contributed by atoms with Crippen LogP contribution in [0.2, 0.25) is 0 Å². The highest BCUT2D eigenvalue weighted by Gasteiger charge is 2.22. The van der Waals surface area contributed by atoms with Gasteiger partial charge in [0, 0.05) is 21.8 Å². The molecule has 39 heavy (non-hydrogen) atoms. The number of hydrogen-bond acceptors (Lipinski definition) is 9. The highest BCUT2D eigenvalue weighted by atomic mass is 32.2. The van der Waals surface area contributed by atoms with E-state index < -0.39 is 32.4 Å². The third-order valence-corrected chi connectivity index (χ3v) is 6.74. The summed E-state index contributed by atoms with van der Waals surface area (Å²) in [6.45, 7) is 0. The lowest BCUT2D eigenvalue weighted by Crippen LogP contribution is -1.99. The summed E-state index contributed by atoms with van der Waals surface area (Å²) >= 11 is 0. The molecule has 0 atom stereocenters. The van der Waals surface area contributed by atoms with Crippen LogP contribution in [0.4, 0.5) is 28.4 Å². The van der Waals surface area contributed by atoms with Crippen molar-refractivity contribution < 1.29 is 28.0 Å². The second kappa shape index (κ2) is 9.93. The standard InChI is InChI=1S/C27H19N5O6S/c28-17-8-5-16-13-24(39(36,37)38)25(26(33)21(16)14-17)32-31-23-12-11-22(19-3-1-2-4-20(19)23)30-29-18-9-6-15(7-10-18)27(34)35/h1-14,33H,28H2,(H,34,35)(H,36,37,38)/b30-29+,32-31+. The number of azo groups is 2. The number of aromatic carboxylic acids is 1. The summed E-state index contributed by atoms with van der Waals surface area (Å²) in [7, 11) is -4.76. The Kier molecular flexibility index (Phi) is 6.48. The first-order chi connectivity index (χ1) is 18.6. The van der Waals surface area contributed by atoms with Crippen LogP contribution in [0.1, 0.15) is 10.4 Å². The normalized spacial score (nSPS) is 12.1. The summed E-state index contributed by atoms with van der Waals surface area (Å²) in [4.78, 5) is 10.4. The summed E-state index contributed by atoms with van der Waals surface area (Å²) in [6, 6.07) is 22.0. The van der Waals surface area contributed by atoms with Gasteiger partial charge in [-0.25, -0.2) is 4.79 Å². The van der Waals surface area contributed by atoms with Crippen molar-refractivity contribution in [2.45, 2.75) is 4.90 Å². The van der Waals surface area contributed by atoms with Gasteiger partial charge >= 0.3 is 5.97 Å². The van der Waals surface area contributed by atoms with Crippen molar-refractivity contribution in [3.8, 4) is 5.75 Å². The van der Waals surface area contributed by atoms with E-state index in [1.165, 1.54) is 48.5 Å². The number of fused-ring (bicyclic) bond motifs is 2. The molecule has 0 bridgehead atoms. The minimum absolute atomic E-state index is 0.132. The molecule has 5 aromatic carbocycles. The smallest absolute Gasteiger partial charge is 0.335 e. The van der Waals surface area contributed by atoms with Crippen molar-refractivity contribution in [1.29, 1.82) is 0 Å². The molecule has 5 aromatic rings. The first-order valence-electron chi connectivity index (χ1n) is 11.3. The maximum atomic E-state index is 12.1. The van der Waals surface area contributed by atoms with Gasteiger partial charge in [-0.2, -0.15) is 13.5 Å². The molecule has 194 valence electrons. The van der Waals surface area contributed by atoms with Crippen LogP contribution in [0.5, 0.6) is 5.75 Å². The molecule has 0 aromatic heterocycles. The van der Waals surface area contributed by atoms with E-state index in [1.807, 2.05) is 0 Å². The van der Waals surface area contributed by atoms with Crippen LogP contribution >= 0.6 is 0 Å². The van der Waals surface area contributed by atoms with Gasteiger partial charge in [-0.15, -0.1) is 15.3 Å². The first-order valence-corrected chi connectivity index (χ1v) is 12.8. The summed E-state index contributed by atoms with van der Waals surface area (Å²) in [6.07, 6.45) is 0. The third-order valence-electron chi connectivity index (χ3n) is 5.88. The number of nitrogens with two attached hydrogens (primary N) is 1. The molecule has 0 amide bonds. The van der Waals surface area contributed by atoms with E-state index in [2.05, 4.69) is 20.5 Å². The van der Waals surface area contributed by atoms with E-state index >= 15 is 0 Å². The molecule has 5 N–H and O–H groups in total. The molecule has 0 aliphatic heterocycles. The van der Waals surface area contributed by atoms with Crippen molar-refractivity contribution in [2.24, 2.45) is 20.5 Å². The fourth-order valence-electron chi connectivity index (χ4n) is 3.98. The first kappa shape index (κ1) is 25.4. The molecule has 0 saturated heterocycles.